The van der Waals surface area contributed by atoms with Crippen LogP contribution in [0, 0.1) is 11.7 Å². The SMILES string of the molecule is CC(C)Cn1c(CN)c(-c2cccc(F)c2)c2cc(O)ccc2c1=O.Cl. The second-order valence-electron chi connectivity index (χ2n) is 6.58. The van der Waals surface area contributed by atoms with Gasteiger partial charge in [-0.2, -0.15) is 0 Å². The molecule has 6 heteroatoms. The van der Waals surface area contributed by atoms with Crippen molar-refractivity contribution >= 4 is 23.2 Å². The van der Waals surface area contributed by atoms with E-state index in [1.807, 2.05) is 13.8 Å². The van der Waals surface area contributed by atoms with E-state index >= 15 is 0 Å². The van der Waals surface area contributed by atoms with E-state index in [1.165, 1.54) is 24.3 Å². The molecule has 0 bridgehead atoms. The Hall–Kier alpha value is -2.37. The first-order valence-corrected chi connectivity index (χ1v) is 8.26. The van der Waals surface area contributed by atoms with Crippen molar-refractivity contribution in [2.45, 2.75) is 26.9 Å². The van der Waals surface area contributed by atoms with Crippen LogP contribution in [0.2, 0.25) is 0 Å². The first-order chi connectivity index (χ1) is 11.9. The fourth-order valence-corrected chi connectivity index (χ4v) is 3.22. The molecule has 3 N–H and O–H groups in total. The Labute approximate surface area is 157 Å². The number of rotatable bonds is 4. The largest absolute Gasteiger partial charge is 0.508 e. The highest BCUT2D eigenvalue weighted by Crippen LogP contribution is 2.33. The quantitative estimate of drug-likeness (QED) is 0.721. The summed E-state index contributed by atoms with van der Waals surface area (Å²) in [6.07, 6.45) is 0. The molecule has 2 aromatic carbocycles. The van der Waals surface area contributed by atoms with Crippen LogP contribution in [0.5, 0.6) is 5.75 Å². The van der Waals surface area contributed by atoms with Gasteiger partial charge >= 0.3 is 0 Å². The van der Waals surface area contributed by atoms with Gasteiger partial charge in [-0.25, -0.2) is 4.39 Å². The molecular formula is C20H22ClFN2O2. The van der Waals surface area contributed by atoms with E-state index in [9.17, 15) is 14.3 Å². The van der Waals surface area contributed by atoms with E-state index in [0.717, 1.165) is 0 Å². The summed E-state index contributed by atoms with van der Waals surface area (Å²) in [6, 6.07) is 10.8. The van der Waals surface area contributed by atoms with Crippen LogP contribution in [-0.4, -0.2) is 9.67 Å². The molecule has 0 amide bonds. The molecule has 0 atom stereocenters. The molecule has 0 saturated carbocycles. The highest BCUT2D eigenvalue weighted by Gasteiger charge is 2.18. The van der Waals surface area contributed by atoms with Crippen molar-refractivity contribution in [2.24, 2.45) is 11.7 Å². The Kier molecular flexibility index (Phi) is 6.05. The number of hydrogen-bond acceptors (Lipinski definition) is 3. The third-order valence-electron chi connectivity index (χ3n) is 4.22. The summed E-state index contributed by atoms with van der Waals surface area (Å²) in [5.74, 6) is -0.0672. The molecule has 138 valence electrons. The van der Waals surface area contributed by atoms with Crippen LogP contribution in [0.3, 0.4) is 0 Å². The van der Waals surface area contributed by atoms with Crippen LogP contribution < -0.4 is 11.3 Å². The van der Waals surface area contributed by atoms with Crippen LogP contribution in [0.15, 0.2) is 47.3 Å². The summed E-state index contributed by atoms with van der Waals surface area (Å²) in [7, 11) is 0. The molecule has 0 aliphatic carbocycles. The van der Waals surface area contributed by atoms with E-state index in [2.05, 4.69) is 0 Å². The lowest BCUT2D eigenvalue weighted by Gasteiger charge is -2.20. The molecule has 0 unspecified atom stereocenters. The first-order valence-electron chi connectivity index (χ1n) is 8.26. The Bertz CT molecular complexity index is 999. The highest BCUT2D eigenvalue weighted by atomic mass is 35.5. The van der Waals surface area contributed by atoms with Crippen molar-refractivity contribution in [2.75, 3.05) is 0 Å². The lowest BCUT2D eigenvalue weighted by Crippen LogP contribution is -2.28. The third kappa shape index (κ3) is 3.59. The molecule has 3 rings (SSSR count). The fourth-order valence-electron chi connectivity index (χ4n) is 3.22. The second-order valence-corrected chi connectivity index (χ2v) is 6.58. The van der Waals surface area contributed by atoms with E-state index < -0.39 is 0 Å². The molecule has 0 spiro atoms. The number of halogens is 2. The molecule has 0 radical (unpaired) electrons. The lowest BCUT2D eigenvalue weighted by molar-refractivity contribution is 0.476. The van der Waals surface area contributed by atoms with Crippen molar-refractivity contribution in [1.82, 2.24) is 4.57 Å². The molecule has 1 heterocycles. The molecule has 1 aromatic heterocycles. The van der Waals surface area contributed by atoms with Gasteiger partial charge in [-0.05, 0) is 41.8 Å². The van der Waals surface area contributed by atoms with Gasteiger partial charge in [0.15, 0.2) is 0 Å². The van der Waals surface area contributed by atoms with E-state index in [4.69, 9.17) is 5.73 Å². The van der Waals surface area contributed by atoms with Gasteiger partial charge in [0, 0.05) is 35.1 Å². The fraction of sp³-hybridized carbons (Fsp3) is 0.250. The Balaban J connectivity index is 0.00000243. The molecule has 0 saturated heterocycles. The van der Waals surface area contributed by atoms with Crippen molar-refractivity contribution in [3.63, 3.8) is 0 Å². The minimum absolute atomic E-state index is 0. The van der Waals surface area contributed by atoms with Gasteiger partial charge in [0.05, 0.1) is 0 Å². The summed E-state index contributed by atoms with van der Waals surface area (Å²) in [5.41, 5.74) is 7.80. The minimum atomic E-state index is -0.365. The van der Waals surface area contributed by atoms with Gasteiger partial charge in [0.25, 0.3) is 5.56 Å². The highest BCUT2D eigenvalue weighted by molar-refractivity contribution is 5.98. The number of nitrogens with zero attached hydrogens (tertiary/aromatic N) is 1. The molecular weight excluding hydrogens is 355 g/mol. The maximum atomic E-state index is 13.8. The molecule has 4 nitrogen and oxygen atoms in total. The summed E-state index contributed by atoms with van der Waals surface area (Å²) >= 11 is 0. The van der Waals surface area contributed by atoms with Crippen LogP contribution in [0.25, 0.3) is 21.9 Å². The number of phenolic OH excluding ortho intramolecular Hbond substituents is 1. The van der Waals surface area contributed by atoms with Crippen molar-refractivity contribution < 1.29 is 9.50 Å². The normalized spacial score (nSPS) is 11.0. The van der Waals surface area contributed by atoms with Crippen molar-refractivity contribution in [3.8, 4) is 16.9 Å². The smallest absolute Gasteiger partial charge is 0.258 e. The van der Waals surface area contributed by atoms with Gasteiger partial charge < -0.3 is 15.4 Å². The summed E-state index contributed by atoms with van der Waals surface area (Å²) < 4.78 is 15.5. The second kappa shape index (κ2) is 7.89. The summed E-state index contributed by atoms with van der Waals surface area (Å²) in [4.78, 5) is 13.0. The molecule has 3 aromatic rings. The molecule has 0 aliphatic heterocycles. The van der Waals surface area contributed by atoms with Crippen molar-refractivity contribution in [1.29, 1.82) is 0 Å². The number of aromatic hydroxyl groups is 1. The zero-order chi connectivity index (χ0) is 18.1. The Morgan fingerprint density at radius 3 is 2.50 bits per heavy atom. The third-order valence-corrected chi connectivity index (χ3v) is 4.22. The Morgan fingerprint density at radius 2 is 1.88 bits per heavy atom. The lowest BCUT2D eigenvalue weighted by atomic mass is 9.96. The van der Waals surface area contributed by atoms with Crippen molar-refractivity contribution in [3.05, 3.63) is 64.3 Å². The van der Waals surface area contributed by atoms with Gasteiger partial charge in [0.1, 0.15) is 11.6 Å². The minimum Gasteiger partial charge on any atom is -0.508 e. The maximum absolute atomic E-state index is 13.8. The monoisotopic (exact) mass is 376 g/mol. The molecule has 0 aliphatic rings. The number of benzene rings is 2. The van der Waals surface area contributed by atoms with E-state index in [0.29, 0.717) is 34.1 Å². The summed E-state index contributed by atoms with van der Waals surface area (Å²) in [6.45, 7) is 4.70. The number of hydrogen-bond donors (Lipinski definition) is 2. The number of aromatic nitrogens is 1. The molecule has 26 heavy (non-hydrogen) atoms. The van der Waals surface area contributed by atoms with Crippen LogP contribution in [-0.2, 0) is 13.1 Å². The van der Waals surface area contributed by atoms with Gasteiger partial charge in [-0.15, -0.1) is 12.4 Å². The van der Waals surface area contributed by atoms with Gasteiger partial charge in [0.2, 0.25) is 0 Å². The van der Waals surface area contributed by atoms with Crippen LogP contribution in [0.4, 0.5) is 4.39 Å². The Morgan fingerprint density at radius 1 is 1.15 bits per heavy atom. The predicted molar refractivity (Wildman–Crippen MR) is 105 cm³/mol. The van der Waals surface area contributed by atoms with E-state index in [1.54, 1.807) is 22.8 Å². The van der Waals surface area contributed by atoms with Gasteiger partial charge in [-0.3, -0.25) is 4.79 Å². The summed E-state index contributed by atoms with van der Waals surface area (Å²) in [5, 5.41) is 11.0. The predicted octanol–water partition coefficient (Wildman–Crippen LogP) is 4.05. The first kappa shape index (κ1) is 19.9. The number of pyridine rings is 1. The average Bonchev–Trinajstić information content (AvgIpc) is 2.56. The topological polar surface area (TPSA) is 68.2 Å². The maximum Gasteiger partial charge on any atom is 0.258 e. The standard InChI is InChI=1S/C20H21FN2O2.ClH/c1-12(2)11-23-18(10-22)19(13-4-3-5-14(21)8-13)17-9-15(24)6-7-16(17)20(23)25;/h3-9,12,24H,10-11,22H2,1-2H3;1H. The number of phenols is 1. The molecule has 0 fully saturated rings. The van der Waals surface area contributed by atoms with Crippen LogP contribution in [0.1, 0.15) is 19.5 Å². The zero-order valence-electron chi connectivity index (χ0n) is 14.7. The number of fused-ring (bicyclic) bond motifs is 1. The average molecular weight is 377 g/mol. The zero-order valence-corrected chi connectivity index (χ0v) is 15.5. The number of nitrogens with two attached hydrogens (primary N) is 1. The van der Waals surface area contributed by atoms with Gasteiger partial charge in [-0.1, -0.05) is 26.0 Å². The van der Waals surface area contributed by atoms with Crippen LogP contribution >= 0.6 is 12.4 Å². The van der Waals surface area contributed by atoms with E-state index in [-0.39, 0.29) is 42.0 Å².